The zero-order chi connectivity index (χ0) is 11.4. The van der Waals surface area contributed by atoms with Crippen LogP contribution in [0, 0.1) is 11.6 Å². The van der Waals surface area contributed by atoms with E-state index >= 15 is 0 Å². The molecule has 0 saturated heterocycles. The molecule has 0 bridgehead atoms. The van der Waals surface area contributed by atoms with Crippen LogP contribution in [0.15, 0.2) is 24.3 Å². The number of methoxy groups -OCH3 is 1. The first-order valence-corrected chi connectivity index (χ1v) is 4.26. The van der Waals surface area contributed by atoms with Gasteiger partial charge in [0.2, 0.25) is 0 Å². The third-order valence-electron chi connectivity index (χ3n) is 1.89. The van der Waals surface area contributed by atoms with Crippen LogP contribution in [0.5, 0.6) is 0 Å². The van der Waals surface area contributed by atoms with Crippen molar-refractivity contribution in [1.82, 2.24) is 0 Å². The first-order chi connectivity index (χ1) is 7.04. The summed E-state index contributed by atoms with van der Waals surface area (Å²) >= 11 is 0. The van der Waals surface area contributed by atoms with Crippen LogP contribution in [0.1, 0.15) is 12.5 Å². The molecule has 80 valence electrons. The van der Waals surface area contributed by atoms with Crippen LogP contribution in [-0.2, 0) is 9.53 Å². The number of hydrogen-bond acceptors (Lipinski definition) is 2. The van der Waals surface area contributed by atoms with Gasteiger partial charge in [-0.3, -0.25) is 0 Å². The second kappa shape index (κ2) is 4.68. The molecule has 0 aromatic heterocycles. The number of halogens is 2. The van der Waals surface area contributed by atoms with Gasteiger partial charge in [0.05, 0.1) is 7.11 Å². The van der Waals surface area contributed by atoms with E-state index in [9.17, 15) is 13.6 Å². The summed E-state index contributed by atoms with van der Waals surface area (Å²) in [7, 11) is 1.23. The minimum absolute atomic E-state index is 0.182. The molecule has 0 radical (unpaired) electrons. The number of esters is 1. The van der Waals surface area contributed by atoms with E-state index in [0.29, 0.717) is 5.57 Å². The highest BCUT2D eigenvalue weighted by Crippen LogP contribution is 2.18. The van der Waals surface area contributed by atoms with Crippen LogP contribution >= 0.6 is 0 Å². The van der Waals surface area contributed by atoms with E-state index in [-0.39, 0.29) is 5.56 Å². The number of ether oxygens (including phenoxy) is 1. The van der Waals surface area contributed by atoms with Gasteiger partial charge in [0, 0.05) is 17.7 Å². The summed E-state index contributed by atoms with van der Waals surface area (Å²) in [6.45, 7) is 1.55. The smallest absolute Gasteiger partial charge is 0.330 e. The molecule has 1 aromatic carbocycles. The predicted octanol–water partition coefficient (Wildman–Crippen LogP) is 2.54. The number of hydrogen-bond donors (Lipinski definition) is 0. The number of allylic oxidation sites excluding steroid dienone is 1. The molecule has 4 heteroatoms. The van der Waals surface area contributed by atoms with Gasteiger partial charge in [0.25, 0.3) is 0 Å². The normalized spacial score (nSPS) is 11.3. The Morgan fingerprint density at radius 3 is 2.60 bits per heavy atom. The molecule has 0 heterocycles. The maximum atomic E-state index is 13.2. The molecule has 0 aliphatic heterocycles. The summed E-state index contributed by atoms with van der Waals surface area (Å²) in [5.74, 6) is -1.93. The molecule has 0 saturated carbocycles. The van der Waals surface area contributed by atoms with E-state index in [0.717, 1.165) is 18.2 Å². The minimum Gasteiger partial charge on any atom is -0.466 e. The lowest BCUT2D eigenvalue weighted by atomic mass is 10.1. The van der Waals surface area contributed by atoms with E-state index in [1.165, 1.54) is 13.2 Å². The third kappa shape index (κ3) is 2.87. The molecule has 15 heavy (non-hydrogen) atoms. The standard InChI is InChI=1S/C11H10F2O2/c1-7(5-11(14)15-2)9-4-3-8(12)6-10(9)13/h3-6H,1-2H3/b7-5-. The van der Waals surface area contributed by atoms with Crippen LogP contribution < -0.4 is 0 Å². The van der Waals surface area contributed by atoms with Gasteiger partial charge in [-0.05, 0) is 24.6 Å². The second-order valence-corrected chi connectivity index (χ2v) is 2.97. The van der Waals surface area contributed by atoms with Gasteiger partial charge in [-0.15, -0.1) is 0 Å². The lowest BCUT2D eigenvalue weighted by Gasteiger charge is -2.02. The molecule has 0 N–H and O–H groups in total. The van der Waals surface area contributed by atoms with Gasteiger partial charge in [0.15, 0.2) is 0 Å². The van der Waals surface area contributed by atoms with Crippen molar-refractivity contribution in [1.29, 1.82) is 0 Å². The van der Waals surface area contributed by atoms with Gasteiger partial charge in [-0.1, -0.05) is 0 Å². The highest BCUT2D eigenvalue weighted by molar-refractivity contribution is 5.90. The van der Waals surface area contributed by atoms with Crippen LogP contribution in [0.4, 0.5) is 8.78 Å². The Balaban J connectivity index is 3.06. The van der Waals surface area contributed by atoms with Crippen molar-refractivity contribution < 1.29 is 18.3 Å². The third-order valence-corrected chi connectivity index (χ3v) is 1.89. The van der Waals surface area contributed by atoms with E-state index in [2.05, 4.69) is 4.74 Å². The Bertz CT molecular complexity index is 411. The highest BCUT2D eigenvalue weighted by Gasteiger charge is 2.06. The molecule has 0 aliphatic carbocycles. The second-order valence-electron chi connectivity index (χ2n) is 2.97. The van der Waals surface area contributed by atoms with Crippen LogP contribution in [0.2, 0.25) is 0 Å². The Hall–Kier alpha value is -1.71. The molecule has 2 nitrogen and oxygen atoms in total. The van der Waals surface area contributed by atoms with Crippen molar-refractivity contribution in [3.8, 4) is 0 Å². The molecular formula is C11H10F2O2. The fraction of sp³-hybridized carbons (Fsp3) is 0.182. The van der Waals surface area contributed by atoms with E-state index in [1.54, 1.807) is 6.92 Å². The summed E-state index contributed by atoms with van der Waals surface area (Å²) < 4.78 is 30.2. The topological polar surface area (TPSA) is 26.3 Å². The fourth-order valence-electron chi connectivity index (χ4n) is 1.12. The summed E-state index contributed by atoms with van der Waals surface area (Å²) in [6, 6.07) is 3.18. The molecule has 0 atom stereocenters. The van der Waals surface area contributed by atoms with Gasteiger partial charge in [0.1, 0.15) is 11.6 Å². The SMILES string of the molecule is COC(=O)/C=C(/C)c1ccc(F)cc1F. The fourth-order valence-corrected chi connectivity index (χ4v) is 1.12. The number of carbonyl (C=O) groups is 1. The maximum Gasteiger partial charge on any atom is 0.330 e. The molecule has 0 fully saturated rings. The van der Waals surface area contributed by atoms with Crippen LogP contribution in [0.3, 0.4) is 0 Å². The molecular weight excluding hydrogens is 202 g/mol. The Morgan fingerprint density at radius 1 is 1.40 bits per heavy atom. The first-order valence-electron chi connectivity index (χ1n) is 4.26. The molecule has 0 amide bonds. The summed E-state index contributed by atoms with van der Waals surface area (Å²) in [6.07, 6.45) is 1.15. The van der Waals surface area contributed by atoms with E-state index < -0.39 is 17.6 Å². The molecule has 0 unspecified atom stereocenters. The van der Waals surface area contributed by atoms with E-state index in [4.69, 9.17) is 0 Å². The Morgan fingerprint density at radius 2 is 2.07 bits per heavy atom. The summed E-state index contributed by atoms with van der Waals surface area (Å²) in [4.78, 5) is 10.9. The van der Waals surface area contributed by atoms with Crippen molar-refractivity contribution >= 4 is 11.5 Å². The molecule has 0 aliphatic rings. The van der Waals surface area contributed by atoms with Crippen molar-refractivity contribution in [3.05, 3.63) is 41.5 Å². The number of rotatable bonds is 2. The van der Waals surface area contributed by atoms with Crippen LogP contribution in [-0.4, -0.2) is 13.1 Å². The summed E-state index contributed by atoms with van der Waals surface area (Å²) in [5.41, 5.74) is 0.571. The lowest BCUT2D eigenvalue weighted by molar-refractivity contribution is -0.134. The zero-order valence-corrected chi connectivity index (χ0v) is 8.38. The largest absolute Gasteiger partial charge is 0.466 e. The van der Waals surface area contributed by atoms with Crippen molar-refractivity contribution in [2.24, 2.45) is 0 Å². The average molecular weight is 212 g/mol. The van der Waals surface area contributed by atoms with Crippen molar-refractivity contribution in [3.63, 3.8) is 0 Å². The maximum absolute atomic E-state index is 13.2. The van der Waals surface area contributed by atoms with Crippen molar-refractivity contribution in [2.75, 3.05) is 7.11 Å². The van der Waals surface area contributed by atoms with Gasteiger partial charge in [-0.25, -0.2) is 13.6 Å². The number of carbonyl (C=O) groups excluding carboxylic acids is 1. The van der Waals surface area contributed by atoms with Gasteiger partial charge >= 0.3 is 5.97 Å². The van der Waals surface area contributed by atoms with Crippen LogP contribution in [0.25, 0.3) is 5.57 Å². The van der Waals surface area contributed by atoms with E-state index in [1.807, 2.05) is 0 Å². The minimum atomic E-state index is -0.701. The monoisotopic (exact) mass is 212 g/mol. The molecule has 0 spiro atoms. The van der Waals surface area contributed by atoms with Gasteiger partial charge in [-0.2, -0.15) is 0 Å². The van der Waals surface area contributed by atoms with Crippen molar-refractivity contribution in [2.45, 2.75) is 6.92 Å². The zero-order valence-electron chi connectivity index (χ0n) is 8.38. The average Bonchev–Trinajstić information content (AvgIpc) is 2.17. The summed E-state index contributed by atoms with van der Waals surface area (Å²) in [5, 5.41) is 0. The highest BCUT2D eigenvalue weighted by atomic mass is 19.1. The Kier molecular flexibility index (Phi) is 3.55. The predicted molar refractivity (Wildman–Crippen MR) is 52.0 cm³/mol. The quantitative estimate of drug-likeness (QED) is 0.556. The first kappa shape index (κ1) is 11.4. The lowest BCUT2D eigenvalue weighted by Crippen LogP contribution is -1.97. The van der Waals surface area contributed by atoms with Gasteiger partial charge < -0.3 is 4.74 Å². The number of benzene rings is 1. The Labute approximate surface area is 86.2 Å². The molecule has 1 aromatic rings. The molecule has 1 rings (SSSR count).